The van der Waals surface area contributed by atoms with Crippen molar-refractivity contribution >= 4 is 23.1 Å². The van der Waals surface area contributed by atoms with Crippen molar-refractivity contribution in [1.29, 1.82) is 5.26 Å². The number of anilines is 2. The third-order valence-electron chi connectivity index (χ3n) is 2.02. The van der Waals surface area contributed by atoms with Crippen molar-refractivity contribution in [3.63, 3.8) is 0 Å². The average molecular weight is 225 g/mol. The van der Waals surface area contributed by atoms with E-state index >= 15 is 0 Å². The molecule has 1 aromatic heterocycles. The van der Waals surface area contributed by atoms with Crippen molar-refractivity contribution in [3.8, 4) is 6.07 Å². The Labute approximate surface area is 94.3 Å². The molecular weight excluding hydrogens is 212 g/mol. The van der Waals surface area contributed by atoms with E-state index < -0.39 is 0 Å². The fourth-order valence-electron chi connectivity index (χ4n) is 1.28. The minimum atomic E-state index is 0.455. The van der Waals surface area contributed by atoms with Gasteiger partial charge in [-0.25, -0.2) is 4.98 Å². The van der Waals surface area contributed by atoms with Crippen LogP contribution in [0.4, 0.5) is 11.5 Å². The van der Waals surface area contributed by atoms with E-state index in [9.17, 15) is 0 Å². The molecule has 5 heteroatoms. The first-order valence-electron chi connectivity index (χ1n) is 4.72. The summed E-state index contributed by atoms with van der Waals surface area (Å²) in [5, 5.41) is 9.04. The summed E-state index contributed by atoms with van der Waals surface area (Å²) in [4.78, 5) is 6.11. The number of hydrogen-bond acceptors (Lipinski definition) is 4. The standard InChI is InChI=1S/C10H13ClN4/c1-2-15(5-3-4-12)10-9(11)6-8(13)7-14-10/h6-7H,2-3,5,13H2,1H3. The number of halogens is 1. The fraction of sp³-hybridized carbons (Fsp3) is 0.400. The van der Waals surface area contributed by atoms with E-state index in [2.05, 4.69) is 11.1 Å². The van der Waals surface area contributed by atoms with Crippen molar-refractivity contribution in [2.24, 2.45) is 0 Å². The predicted molar refractivity (Wildman–Crippen MR) is 61.8 cm³/mol. The molecule has 4 nitrogen and oxygen atoms in total. The molecule has 0 saturated heterocycles. The number of rotatable bonds is 4. The largest absolute Gasteiger partial charge is 0.397 e. The summed E-state index contributed by atoms with van der Waals surface area (Å²) in [6, 6.07) is 3.76. The molecular formula is C10H13ClN4. The maximum atomic E-state index is 8.52. The summed E-state index contributed by atoms with van der Waals surface area (Å²) in [6.45, 7) is 3.38. The van der Waals surface area contributed by atoms with E-state index in [0.717, 1.165) is 6.54 Å². The highest BCUT2D eigenvalue weighted by molar-refractivity contribution is 6.33. The zero-order valence-corrected chi connectivity index (χ0v) is 9.33. The van der Waals surface area contributed by atoms with E-state index in [-0.39, 0.29) is 0 Å². The summed E-state index contributed by atoms with van der Waals surface area (Å²) in [6.07, 6.45) is 2.02. The summed E-state index contributed by atoms with van der Waals surface area (Å²) in [7, 11) is 0. The van der Waals surface area contributed by atoms with Crippen molar-refractivity contribution in [2.45, 2.75) is 13.3 Å². The molecule has 15 heavy (non-hydrogen) atoms. The van der Waals surface area contributed by atoms with Crippen molar-refractivity contribution < 1.29 is 0 Å². The molecule has 0 fully saturated rings. The van der Waals surface area contributed by atoms with Gasteiger partial charge in [0, 0.05) is 13.1 Å². The van der Waals surface area contributed by atoms with Gasteiger partial charge in [0.1, 0.15) is 5.82 Å². The van der Waals surface area contributed by atoms with Gasteiger partial charge in [0.25, 0.3) is 0 Å². The topological polar surface area (TPSA) is 65.9 Å². The Bertz CT molecular complexity index is 372. The Hall–Kier alpha value is -1.47. The molecule has 2 N–H and O–H groups in total. The van der Waals surface area contributed by atoms with Crippen LogP contribution in [-0.4, -0.2) is 18.1 Å². The van der Waals surface area contributed by atoms with Gasteiger partial charge in [0.2, 0.25) is 0 Å². The predicted octanol–water partition coefficient (Wildman–Crippen LogP) is 2.06. The second-order valence-corrected chi connectivity index (χ2v) is 3.47. The van der Waals surface area contributed by atoms with Crippen LogP contribution in [0.1, 0.15) is 13.3 Å². The molecule has 0 atom stereocenters. The molecule has 1 heterocycles. The number of nitrogens with two attached hydrogens (primary N) is 1. The van der Waals surface area contributed by atoms with Crippen LogP contribution in [0.2, 0.25) is 5.02 Å². The lowest BCUT2D eigenvalue weighted by Crippen LogP contribution is -2.25. The molecule has 1 rings (SSSR count). The summed E-state index contributed by atoms with van der Waals surface area (Å²) >= 11 is 6.01. The zero-order chi connectivity index (χ0) is 11.3. The number of nitrogen functional groups attached to an aromatic ring is 1. The number of nitrogens with zero attached hydrogens (tertiary/aromatic N) is 3. The van der Waals surface area contributed by atoms with Crippen LogP contribution >= 0.6 is 11.6 Å². The molecule has 0 radical (unpaired) electrons. The normalized spacial score (nSPS) is 9.67. The van der Waals surface area contributed by atoms with E-state index in [0.29, 0.717) is 29.5 Å². The Morgan fingerprint density at radius 3 is 2.93 bits per heavy atom. The van der Waals surface area contributed by atoms with E-state index in [1.165, 1.54) is 0 Å². The highest BCUT2D eigenvalue weighted by atomic mass is 35.5. The molecule has 0 aromatic carbocycles. The smallest absolute Gasteiger partial charge is 0.147 e. The van der Waals surface area contributed by atoms with Gasteiger partial charge in [-0.15, -0.1) is 0 Å². The molecule has 0 amide bonds. The number of hydrogen-bond donors (Lipinski definition) is 1. The van der Waals surface area contributed by atoms with Crippen molar-refractivity contribution in [2.75, 3.05) is 23.7 Å². The Morgan fingerprint density at radius 1 is 1.67 bits per heavy atom. The zero-order valence-electron chi connectivity index (χ0n) is 8.57. The van der Waals surface area contributed by atoms with E-state index in [4.69, 9.17) is 22.6 Å². The highest BCUT2D eigenvalue weighted by Gasteiger charge is 2.09. The SMILES string of the molecule is CCN(CCC#N)c1ncc(N)cc1Cl. The fourth-order valence-corrected chi connectivity index (χ4v) is 1.57. The first-order valence-corrected chi connectivity index (χ1v) is 5.09. The maximum Gasteiger partial charge on any atom is 0.147 e. The lowest BCUT2D eigenvalue weighted by molar-refractivity contribution is 0.811. The first kappa shape index (κ1) is 11.6. The molecule has 0 aliphatic carbocycles. The first-order chi connectivity index (χ1) is 7.19. The quantitative estimate of drug-likeness (QED) is 0.850. The Morgan fingerprint density at radius 2 is 2.40 bits per heavy atom. The molecule has 0 unspecified atom stereocenters. The van der Waals surface area contributed by atoms with Crippen LogP contribution in [-0.2, 0) is 0 Å². The van der Waals surface area contributed by atoms with Crippen LogP contribution in [0.15, 0.2) is 12.3 Å². The van der Waals surface area contributed by atoms with Crippen molar-refractivity contribution in [1.82, 2.24) is 4.98 Å². The van der Waals surface area contributed by atoms with Crippen LogP contribution in [0.3, 0.4) is 0 Å². The molecule has 0 saturated carbocycles. The maximum absolute atomic E-state index is 8.52. The summed E-state index contributed by atoms with van der Waals surface area (Å²) in [5.74, 6) is 0.684. The second-order valence-electron chi connectivity index (χ2n) is 3.06. The molecule has 0 spiro atoms. The lowest BCUT2D eigenvalue weighted by Gasteiger charge is -2.21. The minimum Gasteiger partial charge on any atom is -0.397 e. The van der Waals surface area contributed by atoms with Gasteiger partial charge >= 0.3 is 0 Å². The number of aromatic nitrogens is 1. The molecule has 80 valence electrons. The van der Waals surface area contributed by atoms with Gasteiger partial charge in [0.15, 0.2) is 0 Å². The molecule has 0 bridgehead atoms. The average Bonchev–Trinajstić information content (AvgIpc) is 2.21. The van der Waals surface area contributed by atoms with Crippen LogP contribution in [0.5, 0.6) is 0 Å². The Balaban J connectivity index is 2.87. The van der Waals surface area contributed by atoms with Crippen LogP contribution in [0.25, 0.3) is 0 Å². The molecule has 1 aromatic rings. The third-order valence-corrected chi connectivity index (χ3v) is 2.30. The summed E-state index contributed by atoms with van der Waals surface area (Å²) < 4.78 is 0. The van der Waals surface area contributed by atoms with Gasteiger partial charge in [-0.1, -0.05) is 11.6 Å². The second kappa shape index (κ2) is 5.42. The van der Waals surface area contributed by atoms with E-state index in [1.54, 1.807) is 12.3 Å². The van der Waals surface area contributed by atoms with Gasteiger partial charge < -0.3 is 10.6 Å². The van der Waals surface area contributed by atoms with Gasteiger partial charge in [-0.3, -0.25) is 0 Å². The Kier molecular flexibility index (Phi) is 4.19. The third kappa shape index (κ3) is 3.00. The van der Waals surface area contributed by atoms with Gasteiger partial charge in [0.05, 0.1) is 29.4 Å². The van der Waals surface area contributed by atoms with Gasteiger partial charge in [-0.2, -0.15) is 5.26 Å². The molecule has 0 aliphatic rings. The number of pyridine rings is 1. The summed E-state index contributed by atoms with van der Waals surface area (Å²) in [5.41, 5.74) is 6.09. The number of nitriles is 1. The minimum absolute atomic E-state index is 0.455. The highest BCUT2D eigenvalue weighted by Crippen LogP contribution is 2.24. The van der Waals surface area contributed by atoms with Crippen LogP contribution in [0, 0.1) is 11.3 Å². The van der Waals surface area contributed by atoms with Crippen LogP contribution < -0.4 is 10.6 Å². The van der Waals surface area contributed by atoms with Gasteiger partial charge in [-0.05, 0) is 13.0 Å². The monoisotopic (exact) mass is 224 g/mol. The molecule has 0 aliphatic heterocycles. The van der Waals surface area contributed by atoms with Crippen molar-refractivity contribution in [3.05, 3.63) is 17.3 Å². The lowest BCUT2D eigenvalue weighted by atomic mass is 10.3. The van der Waals surface area contributed by atoms with E-state index in [1.807, 2.05) is 11.8 Å².